The molecule has 0 aromatic carbocycles. The van der Waals surface area contributed by atoms with E-state index in [1.54, 1.807) is 10.9 Å². The Hall–Kier alpha value is -0.920. The van der Waals surface area contributed by atoms with Crippen LogP contribution in [0.5, 0.6) is 0 Å². The molecule has 1 N–H and O–H groups in total. The summed E-state index contributed by atoms with van der Waals surface area (Å²) in [6, 6.07) is 0.607. The Morgan fingerprint density at radius 1 is 1.50 bits per heavy atom. The van der Waals surface area contributed by atoms with Crippen LogP contribution in [0.4, 0.5) is 0 Å². The summed E-state index contributed by atoms with van der Waals surface area (Å²) in [6.07, 6.45) is 5.56. The van der Waals surface area contributed by atoms with E-state index in [1.807, 2.05) is 20.8 Å². The summed E-state index contributed by atoms with van der Waals surface area (Å²) in [5.41, 5.74) is 0. The molecule has 0 aliphatic heterocycles. The van der Waals surface area contributed by atoms with Crippen molar-refractivity contribution < 1.29 is 8.42 Å². The highest BCUT2D eigenvalue weighted by atomic mass is 32.2. The third-order valence-electron chi connectivity index (χ3n) is 3.46. The molecule has 1 saturated carbocycles. The van der Waals surface area contributed by atoms with Gasteiger partial charge in [-0.3, -0.25) is 4.68 Å². The third kappa shape index (κ3) is 3.59. The van der Waals surface area contributed by atoms with Gasteiger partial charge in [0.1, 0.15) is 4.90 Å². The number of hydrogen-bond acceptors (Lipinski definition) is 4. The molecule has 1 heterocycles. The number of hydrogen-bond donors (Lipinski definition) is 1. The summed E-state index contributed by atoms with van der Waals surface area (Å²) in [6.45, 7) is 7.60. The molecule has 1 aliphatic rings. The first-order valence-corrected chi connectivity index (χ1v) is 8.67. The Labute approximate surface area is 121 Å². The number of nitrogens with one attached hydrogen (secondary N) is 1. The van der Waals surface area contributed by atoms with Crippen molar-refractivity contribution in [2.75, 3.05) is 13.1 Å². The summed E-state index contributed by atoms with van der Waals surface area (Å²) in [5.74, 6) is 0. The van der Waals surface area contributed by atoms with E-state index in [4.69, 9.17) is 0 Å². The van der Waals surface area contributed by atoms with Crippen LogP contribution in [0.2, 0.25) is 0 Å². The smallest absolute Gasteiger partial charge is 0.246 e. The van der Waals surface area contributed by atoms with Gasteiger partial charge in [0.25, 0.3) is 0 Å². The highest BCUT2D eigenvalue weighted by Crippen LogP contribution is 2.19. The highest BCUT2D eigenvalue weighted by molar-refractivity contribution is 7.89. The van der Waals surface area contributed by atoms with E-state index in [0.29, 0.717) is 19.1 Å². The quantitative estimate of drug-likeness (QED) is 0.779. The Bertz CT molecular complexity index is 534. The van der Waals surface area contributed by atoms with Gasteiger partial charge in [-0.15, -0.1) is 0 Å². The number of rotatable bonds is 8. The standard InChI is InChI=1S/C13H24N4O2S/c1-4-17(11(2)3)20(18,19)13-9-15-16(10-13)8-7-14-12-5-6-12/h9-12,14H,4-8H2,1-3H3. The van der Waals surface area contributed by atoms with Crippen molar-refractivity contribution in [1.29, 1.82) is 0 Å². The van der Waals surface area contributed by atoms with E-state index in [2.05, 4.69) is 10.4 Å². The van der Waals surface area contributed by atoms with Gasteiger partial charge in [-0.1, -0.05) is 6.92 Å². The van der Waals surface area contributed by atoms with E-state index >= 15 is 0 Å². The molecular formula is C13H24N4O2S. The summed E-state index contributed by atoms with van der Waals surface area (Å²) in [7, 11) is -3.43. The fraction of sp³-hybridized carbons (Fsp3) is 0.769. The molecule has 0 amide bonds. The maximum atomic E-state index is 12.5. The molecule has 20 heavy (non-hydrogen) atoms. The van der Waals surface area contributed by atoms with Crippen molar-refractivity contribution in [3.63, 3.8) is 0 Å². The first kappa shape index (κ1) is 15.5. The number of nitrogens with zero attached hydrogens (tertiary/aromatic N) is 3. The second kappa shape index (κ2) is 6.24. The number of sulfonamides is 1. The third-order valence-corrected chi connectivity index (χ3v) is 5.56. The van der Waals surface area contributed by atoms with Crippen molar-refractivity contribution in [3.8, 4) is 0 Å². The van der Waals surface area contributed by atoms with Gasteiger partial charge in [-0.05, 0) is 26.7 Å². The molecule has 1 fully saturated rings. The van der Waals surface area contributed by atoms with E-state index in [9.17, 15) is 8.42 Å². The molecule has 0 bridgehead atoms. The first-order chi connectivity index (χ1) is 9.45. The summed E-state index contributed by atoms with van der Waals surface area (Å²) >= 11 is 0. The zero-order chi connectivity index (χ0) is 14.8. The maximum absolute atomic E-state index is 12.5. The van der Waals surface area contributed by atoms with Crippen LogP contribution in [0, 0.1) is 0 Å². The minimum atomic E-state index is -3.43. The molecule has 2 rings (SSSR count). The fourth-order valence-corrected chi connectivity index (χ4v) is 3.82. The second-order valence-corrected chi connectivity index (χ2v) is 7.36. The van der Waals surface area contributed by atoms with Crippen LogP contribution in [0.3, 0.4) is 0 Å². The van der Waals surface area contributed by atoms with Crippen LogP contribution in [0.1, 0.15) is 33.6 Å². The van der Waals surface area contributed by atoms with E-state index in [1.165, 1.54) is 23.3 Å². The first-order valence-electron chi connectivity index (χ1n) is 7.22. The molecule has 0 radical (unpaired) electrons. The van der Waals surface area contributed by atoms with E-state index in [0.717, 1.165) is 6.54 Å². The second-order valence-electron chi connectivity index (χ2n) is 5.47. The van der Waals surface area contributed by atoms with Gasteiger partial charge < -0.3 is 5.32 Å². The minimum absolute atomic E-state index is 0.0510. The van der Waals surface area contributed by atoms with Gasteiger partial charge in [0.05, 0.1) is 12.7 Å². The molecule has 1 aromatic rings. The molecular weight excluding hydrogens is 276 g/mol. The van der Waals surface area contributed by atoms with Gasteiger partial charge in [-0.2, -0.15) is 9.40 Å². The normalized spacial score (nSPS) is 16.2. The van der Waals surface area contributed by atoms with Crippen LogP contribution in [0.15, 0.2) is 17.3 Å². The van der Waals surface area contributed by atoms with E-state index < -0.39 is 10.0 Å². The van der Waals surface area contributed by atoms with Gasteiger partial charge in [-0.25, -0.2) is 8.42 Å². The maximum Gasteiger partial charge on any atom is 0.246 e. The summed E-state index contributed by atoms with van der Waals surface area (Å²) in [4.78, 5) is 0.277. The van der Waals surface area contributed by atoms with Crippen LogP contribution in [0.25, 0.3) is 0 Å². The largest absolute Gasteiger partial charge is 0.312 e. The Balaban J connectivity index is 2.02. The molecule has 1 aliphatic carbocycles. The summed E-state index contributed by atoms with van der Waals surface area (Å²) in [5, 5.41) is 7.53. The molecule has 0 unspecified atom stereocenters. The average molecular weight is 300 g/mol. The average Bonchev–Trinajstić information content (AvgIpc) is 3.05. The van der Waals surface area contributed by atoms with Gasteiger partial charge >= 0.3 is 0 Å². The van der Waals surface area contributed by atoms with Crippen molar-refractivity contribution in [3.05, 3.63) is 12.4 Å². The predicted molar refractivity (Wildman–Crippen MR) is 78.0 cm³/mol. The van der Waals surface area contributed by atoms with Crippen LogP contribution >= 0.6 is 0 Å². The minimum Gasteiger partial charge on any atom is -0.312 e. The van der Waals surface area contributed by atoms with Gasteiger partial charge in [0.2, 0.25) is 10.0 Å². The van der Waals surface area contributed by atoms with Crippen molar-refractivity contribution in [2.45, 2.75) is 57.1 Å². The molecule has 0 saturated heterocycles. The van der Waals surface area contributed by atoms with Crippen LogP contribution in [-0.4, -0.2) is 47.7 Å². The van der Waals surface area contributed by atoms with Gasteiger partial charge in [0.15, 0.2) is 0 Å². The van der Waals surface area contributed by atoms with Crippen LogP contribution in [-0.2, 0) is 16.6 Å². The molecule has 0 spiro atoms. The zero-order valence-electron chi connectivity index (χ0n) is 12.4. The molecule has 114 valence electrons. The van der Waals surface area contributed by atoms with E-state index in [-0.39, 0.29) is 10.9 Å². The van der Waals surface area contributed by atoms with Crippen molar-refractivity contribution in [1.82, 2.24) is 19.4 Å². The Morgan fingerprint density at radius 3 is 2.75 bits per heavy atom. The topological polar surface area (TPSA) is 67.2 Å². The number of aromatic nitrogens is 2. The lowest BCUT2D eigenvalue weighted by Gasteiger charge is -2.23. The van der Waals surface area contributed by atoms with Gasteiger partial charge in [0, 0.05) is 31.4 Å². The Morgan fingerprint density at radius 2 is 2.20 bits per heavy atom. The monoisotopic (exact) mass is 300 g/mol. The SMILES string of the molecule is CCN(C(C)C)S(=O)(=O)c1cnn(CCNC2CC2)c1. The Kier molecular flexibility index (Phi) is 4.82. The molecule has 7 heteroatoms. The highest BCUT2D eigenvalue weighted by Gasteiger charge is 2.27. The molecule has 1 aromatic heterocycles. The van der Waals surface area contributed by atoms with Crippen LogP contribution < -0.4 is 5.32 Å². The lowest BCUT2D eigenvalue weighted by molar-refractivity contribution is 0.369. The van der Waals surface area contributed by atoms with Crippen molar-refractivity contribution >= 4 is 10.0 Å². The molecule has 0 atom stereocenters. The van der Waals surface area contributed by atoms with Crippen molar-refractivity contribution in [2.24, 2.45) is 0 Å². The fourth-order valence-electron chi connectivity index (χ4n) is 2.22. The summed E-state index contributed by atoms with van der Waals surface area (Å²) < 4.78 is 28.1. The molecule has 6 nitrogen and oxygen atoms in total. The lowest BCUT2D eigenvalue weighted by atomic mass is 10.4. The lowest BCUT2D eigenvalue weighted by Crippen LogP contribution is -2.36. The zero-order valence-corrected chi connectivity index (χ0v) is 13.2. The predicted octanol–water partition coefficient (Wildman–Crippen LogP) is 1.05.